The summed E-state index contributed by atoms with van der Waals surface area (Å²) in [6.07, 6.45) is 0.900. The van der Waals surface area contributed by atoms with Crippen LogP contribution in [0.5, 0.6) is 0 Å². The van der Waals surface area contributed by atoms with Gasteiger partial charge >= 0.3 is 6.03 Å². The van der Waals surface area contributed by atoms with Crippen molar-refractivity contribution >= 4 is 41.0 Å². The Morgan fingerprint density at radius 1 is 1.11 bits per heavy atom. The van der Waals surface area contributed by atoms with E-state index in [0.29, 0.717) is 29.4 Å². The van der Waals surface area contributed by atoms with Gasteiger partial charge in [-0.2, -0.15) is 0 Å². The first kappa shape index (κ1) is 20.2. The largest absolute Gasteiger partial charge is 0.354 e. The molecule has 0 saturated carbocycles. The highest BCUT2D eigenvalue weighted by atomic mass is 35.5. The lowest BCUT2D eigenvalue weighted by atomic mass is 10.1. The molecule has 1 aliphatic heterocycles. The minimum absolute atomic E-state index is 0.315. The van der Waals surface area contributed by atoms with Crippen LogP contribution in [0.25, 0.3) is 0 Å². The molecule has 1 unspecified atom stereocenters. The Morgan fingerprint density at radius 3 is 2.57 bits per heavy atom. The molecule has 2 aromatic carbocycles. The van der Waals surface area contributed by atoms with Gasteiger partial charge in [-0.3, -0.25) is 14.5 Å². The fraction of sp³-hybridized carbons (Fsp3) is 0.250. The van der Waals surface area contributed by atoms with Gasteiger partial charge in [-0.25, -0.2) is 4.79 Å². The van der Waals surface area contributed by atoms with Crippen molar-refractivity contribution in [1.29, 1.82) is 0 Å². The molecule has 0 radical (unpaired) electrons. The number of rotatable bonds is 7. The molecule has 146 valence electrons. The highest BCUT2D eigenvalue weighted by Crippen LogP contribution is 2.21. The molecule has 2 aromatic rings. The van der Waals surface area contributed by atoms with Crippen LogP contribution in [0.2, 0.25) is 10.0 Å². The summed E-state index contributed by atoms with van der Waals surface area (Å²) in [6.45, 7) is 0.0155. The van der Waals surface area contributed by atoms with Crippen molar-refractivity contribution in [2.45, 2.75) is 18.9 Å². The van der Waals surface area contributed by atoms with Crippen molar-refractivity contribution in [1.82, 2.24) is 15.5 Å². The molecule has 1 heterocycles. The third-order valence-electron chi connectivity index (χ3n) is 4.42. The highest BCUT2D eigenvalue weighted by molar-refractivity contribution is 6.35. The molecule has 3 rings (SSSR count). The molecule has 1 saturated heterocycles. The Hall–Kier alpha value is -2.57. The van der Waals surface area contributed by atoms with Gasteiger partial charge in [0.2, 0.25) is 5.91 Å². The van der Waals surface area contributed by atoms with Gasteiger partial charge in [-0.15, -0.1) is 0 Å². The van der Waals surface area contributed by atoms with Crippen LogP contribution >= 0.6 is 23.2 Å². The lowest BCUT2D eigenvalue weighted by Gasteiger charge is -2.13. The molecular weight excluding hydrogens is 401 g/mol. The summed E-state index contributed by atoms with van der Waals surface area (Å²) in [5.41, 5.74) is 1.79. The van der Waals surface area contributed by atoms with Gasteiger partial charge in [0.15, 0.2) is 0 Å². The minimum atomic E-state index is -0.657. The lowest BCUT2D eigenvalue weighted by Crippen LogP contribution is -2.41. The smallest absolute Gasteiger partial charge is 0.325 e. The zero-order chi connectivity index (χ0) is 20.1. The van der Waals surface area contributed by atoms with Gasteiger partial charge in [-0.05, 0) is 29.7 Å². The number of nitrogens with zero attached hydrogens (tertiary/aromatic N) is 1. The number of carbonyl (C=O) groups excluding carboxylic acids is 3. The summed E-state index contributed by atoms with van der Waals surface area (Å²) >= 11 is 12.0. The average Bonchev–Trinajstić information content (AvgIpc) is 2.92. The van der Waals surface area contributed by atoms with Crippen molar-refractivity contribution in [2.75, 3.05) is 13.1 Å². The summed E-state index contributed by atoms with van der Waals surface area (Å²) in [5, 5.41) is 6.40. The first-order chi connectivity index (χ1) is 13.4. The number of hydrogen-bond donors (Lipinski definition) is 2. The summed E-state index contributed by atoms with van der Waals surface area (Å²) in [4.78, 5) is 37.6. The minimum Gasteiger partial charge on any atom is -0.354 e. The fourth-order valence-corrected chi connectivity index (χ4v) is 3.48. The van der Waals surface area contributed by atoms with E-state index in [2.05, 4.69) is 10.6 Å². The molecule has 2 N–H and O–H groups in total. The van der Waals surface area contributed by atoms with Crippen LogP contribution in [0.15, 0.2) is 48.5 Å². The van der Waals surface area contributed by atoms with Crippen molar-refractivity contribution in [2.24, 2.45) is 0 Å². The van der Waals surface area contributed by atoms with E-state index in [-0.39, 0.29) is 6.54 Å². The van der Waals surface area contributed by atoms with E-state index in [9.17, 15) is 14.4 Å². The molecule has 28 heavy (non-hydrogen) atoms. The number of amides is 4. The van der Waals surface area contributed by atoms with Crippen molar-refractivity contribution in [3.8, 4) is 0 Å². The third-order valence-corrected chi connectivity index (χ3v) is 5.01. The van der Waals surface area contributed by atoms with Gasteiger partial charge in [0.05, 0.1) is 0 Å². The monoisotopic (exact) mass is 419 g/mol. The van der Waals surface area contributed by atoms with Crippen LogP contribution in [0, 0.1) is 0 Å². The Morgan fingerprint density at radius 2 is 1.86 bits per heavy atom. The molecule has 6 nitrogen and oxygen atoms in total. The van der Waals surface area contributed by atoms with Crippen LogP contribution in [0.1, 0.15) is 11.1 Å². The molecule has 0 spiro atoms. The maximum absolute atomic E-state index is 12.5. The second-order valence-electron chi connectivity index (χ2n) is 6.45. The number of imide groups is 1. The Balaban J connectivity index is 1.49. The number of benzene rings is 2. The Labute approximate surface area is 172 Å². The SMILES string of the molecule is O=C(CN1C(=O)NC(Cc2ccccc2)C1=O)NCCc1ccc(Cl)cc1Cl. The Bertz CT molecular complexity index is 890. The standard InChI is InChI=1S/C20H19Cl2N3O3/c21-15-7-6-14(16(22)11-15)8-9-23-18(26)12-25-19(27)17(24-20(25)28)10-13-4-2-1-3-5-13/h1-7,11,17H,8-10,12H2,(H,23,26)(H,24,28). The zero-order valence-electron chi connectivity index (χ0n) is 15.0. The van der Waals surface area contributed by atoms with E-state index in [0.717, 1.165) is 16.0 Å². The molecule has 4 amide bonds. The van der Waals surface area contributed by atoms with E-state index < -0.39 is 23.9 Å². The third kappa shape index (κ3) is 5.03. The maximum Gasteiger partial charge on any atom is 0.325 e. The van der Waals surface area contributed by atoms with Gasteiger partial charge in [0.1, 0.15) is 12.6 Å². The second-order valence-corrected chi connectivity index (χ2v) is 7.30. The van der Waals surface area contributed by atoms with Crippen LogP contribution in [-0.4, -0.2) is 41.9 Å². The Kier molecular flexibility index (Phi) is 6.54. The molecule has 8 heteroatoms. The van der Waals surface area contributed by atoms with Crippen molar-refractivity contribution < 1.29 is 14.4 Å². The molecule has 0 aromatic heterocycles. The predicted molar refractivity (Wildman–Crippen MR) is 107 cm³/mol. The van der Waals surface area contributed by atoms with Crippen LogP contribution in [-0.2, 0) is 22.4 Å². The number of nitrogens with one attached hydrogen (secondary N) is 2. The van der Waals surface area contributed by atoms with Crippen molar-refractivity contribution in [3.05, 3.63) is 69.7 Å². The van der Waals surface area contributed by atoms with Gasteiger partial charge < -0.3 is 10.6 Å². The van der Waals surface area contributed by atoms with Gasteiger partial charge in [0, 0.05) is 23.0 Å². The summed E-state index contributed by atoms with van der Waals surface area (Å²) < 4.78 is 0. The summed E-state index contributed by atoms with van der Waals surface area (Å²) in [5.74, 6) is -0.807. The molecule has 1 fully saturated rings. The number of carbonyl (C=O) groups is 3. The first-order valence-corrected chi connectivity index (χ1v) is 9.56. The zero-order valence-corrected chi connectivity index (χ0v) is 16.5. The van der Waals surface area contributed by atoms with E-state index in [1.165, 1.54) is 0 Å². The number of urea groups is 1. The maximum atomic E-state index is 12.5. The first-order valence-electron chi connectivity index (χ1n) is 8.80. The van der Waals surface area contributed by atoms with Crippen LogP contribution < -0.4 is 10.6 Å². The van der Waals surface area contributed by atoms with Crippen molar-refractivity contribution in [3.63, 3.8) is 0 Å². The van der Waals surface area contributed by atoms with Crippen LogP contribution in [0.4, 0.5) is 4.79 Å². The van der Waals surface area contributed by atoms with Gasteiger partial charge in [0.25, 0.3) is 5.91 Å². The topological polar surface area (TPSA) is 78.5 Å². The van der Waals surface area contributed by atoms with Gasteiger partial charge in [-0.1, -0.05) is 59.6 Å². The fourth-order valence-electron chi connectivity index (χ4n) is 2.98. The molecule has 1 atom stereocenters. The van der Waals surface area contributed by atoms with E-state index in [1.807, 2.05) is 30.3 Å². The number of hydrogen-bond acceptors (Lipinski definition) is 3. The van der Waals surface area contributed by atoms with E-state index in [1.54, 1.807) is 18.2 Å². The summed E-state index contributed by atoms with van der Waals surface area (Å²) in [7, 11) is 0. The van der Waals surface area contributed by atoms with E-state index >= 15 is 0 Å². The van der Waals surface area contributed by atoms with E-state index in [4.69, 9.17) is 23.2 Å². The highest BCUT2D eigenvalue weighted by Gasteiger charge is 2.38. The molecular formula is C20H19Cl2N3O3. The molecule has 0 aliphatic carbocycles. The second kappa shape index (κ2) is 9.08. The average molecular weight is 420 g/mol. The van der Waals surface area contributed by atoms with Crippen LogP contribution in [0.3, 0.4) is 0 Å². The molecule has 1 aliphatic rings. The predicted octanol–water partition coefficient (Wildman–Crippen LogP) is 2.82. The molecule has 0 bridgehead atoms. The summed E-state index contributed by atoms with van der Waals surface area (Å²) in [6, 6.07) is 13.3. The lowest BCUT2D eigenvalue weighted by molar-refractivity contribution is -0.132. The quantitative estimate of drug-likeness (QED) is 0.677. The number of halogens is 2. The normalized spacial score (nSPS) is 16.2.